The van der Waals surface area contributed by atoms with E-state index < -0.39 is 6.04 Å². The fraction of sp³-hybridized carbons (Fsp3) is 0.414. The molecule has 0 bridgehead atoms. The lowest BCUT2D eigenvalue weighted by Gasteiger charge is -2.30. The van der Waals surface area contributed by atoms with Gasteiger partial charge in [0.1, 0.15) is 0 Å². The Labute approximate surface area is 207 Å². The number of amides is 2. The van der Waals surface area contributed by atoms with Crippen molar-refractivity contribution in [1.29, 1.82) is 0 Å². The van der Waals surface area contributed by atoms with E-state index >= 15 is 0 Å². The quantitative estimate of drug-likeness (QED) is 0.642. The van der Waals surface area contributed by atoms with Crippen molar-refractivity contribution in [3.05, 3.63) is 70.8 Å². The van der Waals surface area contributed by atoms with Gasteiger partial charge in [-0.1, -0.05) is 36.4 Å². The second-order valence-corrected chi connectivity index (χ2v) is 10.5. The molecule has 1 aliphatic heterocycles. The van der Waals surface area contributed by atoms with Gasteiger partial charge in [-0.2, -0.15) is 0 Å². The lowest BCUT2D eigenvalue weighted by molar-refractivity contribution is -0.128. The fourth-order valence-corrected chi connectivity index (χ4v) is 5.82. The third-order valence-electron chi connectivity index (χ3n) is 7.86. The van der Waals surface area contributed by atoms with E-state index in [4.69, 9.17) is 0 Å². The van der Waals surface area contributed by atoms with Crippen LogP contribution in [0.5, 0.6) is 0 Å². The maximum absolute atomic E-state index is 13.7. The van der Waals surface area contributed by atoms with Crippen LogP contribution >= 0.6 is 0 Å². The summed E-state index contributed by atoms with van der Waals surface area (Å²) in [6.45, 7) is 5.04. The summed E-state index contributed by atoms with van der Waals surface area (Å²) in [5.74, 6) is -0.0788. The summed E-state index contributed by atoms with van der Waals surface area (Å²) in [5, 5.41) is 6.48. The number of benzene rings is 2. The van der Waals surface area contributed by atoms with Crippen molar-refractivity contribution >= 4 is 28.8 Å². The molecule has 1 unspecified atom stereocenters. The summed E-state index contributed by atoms with van der Waals surface area (Å²) in [6.07, 6.45) is 3.23. The molecule has 6 heteroatoms. The molecule has 6 nitrogen and oxygen atoms in total. The minimum atomic E-state index is -0.487. The van der Waals surface area contributed by atoms with Crippen molar-refractivity contribution in [2.75, 3.05) is 32.5 Å². The molecule has 1 heterocycles. The number of rotatable bonds is 7. The molecule has 182 valence electrons. The van der Waals surface area contributed by atoms with Crippen LogP contribution in [0, 0.1) is 5.41 Å². The number of anilines is 1. The third kappa shape index (κ3) is 4.43. The van der Waals surface area contributed by atoms with Crippen LogP contribution < -0.4 is 10.6 Å². The number of nitrogens with one attached hydrogen (secondary N) is 2. The molecule has 3 aliphatic rings. The topological polar surface area (TPSA) is 73.8 Å². The first-order valence-electron chi connectivity index (χ1n) is 12.4. The van der Waals surface area contributed by atoms with E-state index in [0.717, 1.165) is 42.8 Å². The Morgan fingerprint density at radius 3 is 2.43 bits per heavy atom. The molecule has 1 saturated carbocycles. The molecule has 2 amide bonds. The van der Waals surface area contributed by atoms with Crippen LogP contribution in [0.1, 0.15) is 49.3 Å². The van der Waals surface area contributed by atoms with Gasteiger partial charge in [-0.25, -0.2) is 0 Å². The molecule has 2 N–H and O–H groups in total. The highest BCUT2D eigenvalue weighted by atomic mass is 16.2. The molecule has 2 aromatic rings. The first-order chi connectivity index (χ1) is 16.8. The molecule has 35 heavy (non-hydrogen) atoms. The average molecular weight is 471 g/mol. The number of hydrogen-bond acceptors (Lipinski definition) is 4. The molecule has 2 aromatic carbocycles. The van der Waals surface area contributed by atoms with E-state index in [-0.39, 0.29) is 29.7 Å². The molecule has 0 radical (unpaired) electrons. The summed E-state index contributed by atoms with van der Waals surface area (Å²) in [4.78, 5) is 32.2. The van der Waals surface area contributed by atoms with Crippen molar-refractivity contribution in [2.24, 2.45) is 10.4 Å². The van der Waals surface area contributed by atoms with Crippen LogP contribution in [0.2, 0.25) is 0 Å². The van der Waals surface area contributed by atoms with Crippen molar-refractivity contribution in [3.63, 3.8) is 0 Å². The number of carbonyl (C=O) groups excluding carboxylic acids is 2. The Kier molecular flexibility index (Phi) is 6.09. The van der Waals surface area contributed by atoms with Gasteiger partial charge in [0.25, 0.3) is 0 Å². The number of fused-ring (bicyclic) bond motifs is 1. The van der Waals surface area contributed by atoms with Gasteiger partial charge in [-0.15, -0.1) is 0 Å². The minimum absolute atomic E-state index is 0.0412. The van der Waals surface area contributed by atoms with E-state index in [1.54, 1.807) is 19.0 Å². The SMILES string of the molecule is CC1=NCC(C)=C1c1ccc(NC(=O)[C@@H](NCC(=O)N(C)C)C2c3ccccc3CC23CC3)cc1. The molecular formula is C29H34N4O2. The summed E-state index contributed by atoms with van der Waals surface area (Å²) in [7, 11) is 3.48. The normalized spacial score (nSPS) is 20.5. The highest BCUT2D eigenvalue weighted by Crippen LogP contribution is 2.64. The Bertz CT molecular complexity index is 1220. The van der Waals surface area contributed by atoms with Crippen LogP contribution in [0.3, 0.4) is 0 Å². The number of hydrogen-bond donors (Lipinski definition) is 2. The largest absolute Gasteiger partial charge is 0.348 e. The molecule has 0 saturated heterocycles. The van der Waals surface area contributed by atoms with Gasteiger partial charge in [0, 0.05) is 37.0 Å². The standard InChI is InChI=1S/C29H34N4O2/c1-18-16-30-19(2)25(18)20-9-11-22(12-10-20)32-28(35)27(31-17-24(34)33(3)4)26-23-8-6-5-7-21(23)15-29(26)13-14-29/h5-12,26-27,31H,13-17H2,1-4H3,(H,32,35)/t26?,27-/m0/s1. The molecule has 0 aromatic heterocycles. The lowest BCUT2D eigenvalue weighted by Crippen LogP contribution is -2.49. The van der Waals surface area contributed by atoms with E-state index in [2.05, 4.69) is 46.8 Å². The monoisotopic (exact) mass is 470 g/mol. The predicted octanol–water partition coefficient (Wildman–Crippen LogP) is 4.04. The maximum atomic E-state index is 13.7. The minimum Gasteiger partial charge on any atom is -0.348 e. The fourth-order valence-electron chi connectivity index (χ4n) is 5.82. The van der Waals surface area contributed by atoms with E-state index in [1.165, 1.54) is 22.3 Å². The summed E-state index contributed by atoms with van der Waals surface area (Å²) >= 11 is 0. The van der Waals surface area contributed by atoms with Gasteiger partial charge in [0.05, 0.1) is 19.1 Å². The maximum Gasteiger partial charge on any atom is 0.242 e. The van der Waals surface area contributed by atoms with E-state index in [9.17, 15) is 9.59 Å². The first kappa shape index (κ1) is 23.5. The Morgan fingerprint density at radius 1 is 1.09 bits per heavy atom. The van der Waals surface area contributed by atoms with Gasteiger partial charge in [0.15, 0.2) is 0 Å². The molecular weight excluding hydrogens is 436 g/mol. The summed E-state index contributed by atoms with van der Waals surface area (Å²) in [6, 6.07) is 16.0. The van der Waals surface area contributed by atoms with Gasteiger partial charge in [-0.05, 0) is 72.9 Å². The van der Waals surface area contributed by atoms with Crippen LogP contribution in [-0.2, 0) is 16.0 Å². The Morgan fingerprint density at radius 2 is 1.80 bits per heavy atom. The predicted molar refractivity (Wildman–Crippen MR) is 141 cm³/mol. The van der Waals surface area contributed by atoms with Crippen LogP contribution in [0.25, 0.3) is 5.57 Å². The Hall–Kier alpha value is -3.25. The second kappa shape index (κ2) is 9.08. The number of likely N-dealkylation sites (N-methyl/N-ethyl adjacent to an activating group) is 1. The zero-order valence-electron chi connectivity index (χ0n) is 21.0. The van der Waals surface area contributed by atoms with Gasteiger partial charge < -0.3 is 10.2 Å². The summed E-state index contributed by atoms with van der Waals surface area (Å²) in [5.41, 5.74) is 8.08. The highest BCUT2D eigenvalue weighted by molar-refractivity contribution is 6.25. The summed E-state index contributed by atoms with van der Waals surface area (Å²) < 4.78 is 0. The zero-order chi connectivity index (χ0) is 24.7. The molecule has 2 atom stereocenters. The van der Waals surface area contributed by atoms with Crippen molar-refractivity contribution in [3.8, 4) is 0 Å². The van der Waals surface area contributed by atoms with Gasteiger partial charge >= 0.3 is 0 Å². The van der Waals surface area contributed by atoms with Crippen LogP contribution in [0.15, 0.2) is 59.1 Å². The molecule has 5 rings (SSSR count). The number of carbonyl (C=O) groups is 2. The van der Waals surface area contributed by atoms with E-state index in [1.807, 2.05) is 31.2 Å². The number of allylic oxidation sites excluding steroid dienone is 1. The number of nitrogens with zero attached hydrogens (tertiary/aromatic N) is 2. The van der Waals surface area contributed by atoms with E-state index in [0.29, 0.717) is 0 Å². The lowest BCUT2D eigenvalue weighted by atomic mass is 9.82. The van der Waals surface area contributed by atoms with Crippen LogP contribution in [0.4, 0.5) is 5.69 Å². The molecule has 1 fully saturated rings. The van der Waals surface area contributed by atoms with Crippen molar-refractivity contribution in [1.82, 2.24) is 10.2 Å². The van der Waals surface area contributed by atoms with Crippen molar-refractivity contribution < 1.29 is 9.59 Å². The van der Waals surface area contributed by atoms with Crippen LogP contribution in [-0.4, -0.2) is 55.7 Å². The number of aliphatic imine (C=N–C) groups is 1. The van der Waals surface area contributed by atoms with Crippen molar-refractivity contribution in [2.45, 2.75) is 45.1 Å². The Balaban J connectivity index is 1.39. The second-order valence-electron chi connectivity index (χ2n) is 10.5. The third-order valence-corrected chi connectivity index (χ3v) is 7.86. The molecule has 1 spiro atoms. The molecule has 2 aliphatic carbocycles. The van der Waals surface area contributed by atoms with Gasteiger partial charge in [-0.3, -0.25) is 19.9 Å². The smallest absolute Gasteiger partial charge is 0.242 e. The first-order valence-corrected chi connectivity index (χ1v) is 12.4. The highest BCUT2D eigenvalue weighted by Gasteiger charge is 2.57. The average Bonchev–Trinajstić information content (AvgIpc) is 3.42. The zero-order valence-corrected chi connectivity index (χ0v) is 21.0. The van der Waals surface area contributed by atoms with Gasteiger partial charge in [0.2, 0.25) is 11.8 Å².